The number of hydrogen-bond donors (Lipinski definition) is 0. The lowest BCUT2D eigenvalue weighted by Crippen LogP contribution is -2.54. The van der Waals surface area contributed by atoms with Crippen LogP contribution in [0.25, 0.3) is 11.3 Å². The molecule has 5 rings (SSSR count). The summed E-state index contributed by atoms with van der Waals surface area (Å²) >= 11 is 0. The maximum Gasteiger partial charge on any atom is 0.235 e. The van der Waals surface area contributed by atoms with E-state index in [-0.39, 0.29) is 28.5 Å². The van der Waals surface area contributed by atoms with Gasteiger partial charge in [0.05, 0.1) is 22.4 Å². The number of amides is 1. The highest BCUT2D eigenvalue weighted by atomic mass is 19.1. The van der Waals surface area contributed by atoms with E-state index < -0.39 is 17.0 Å². The van der Waals surface area contributed by atoms with E-state index in [1.54, 1.807) is 6.07 Å². The molecule has 4 nitrogen and oxygen atoms in total. The van der Waals surface area contributed by atoms with Crippen LogP contribution in [-0.4, -0.2) is 34.1 Å². The first-order valence-electron chi connectivity index (χ1n) is 10.4. The van der Waals surface area contributed by atoms with Crippen molar-refractivity contribution in [2.45, 2.75) is 63.3 Å². The van der Waals surface area contributed by atoms with Crippen LogP contribution >= 0.6 is 0 Å². The summed E-state index contributed by atoms with van der Waals surface area (Å²) in [6.45, 7) is 4.25. The molecule has 0 radical (unpaired) electrons. The molecular weight excluding hydrogens is 372 g/mol. The maximum atomic E-state index is 14.3. The fourth-order valence-corrected chi connectivity index (χ4v) is 5.90. The Morgan fingerprint density at radius 3 is 2.45 bits per heavy atom. The molecule has 3 aliphatic carbocycles. The van der Waals surface area contributed by atoms with Crippen molar-refractivity contribution in [3.05, 3.63) is 47.2 Å². The summed E-state index contributed by atoms with van der Waals surface area (Å²) in [5.41, 5.74) is 0.634. The van der Waals surface area contributed by atoms with Crippen molar-refractivity contribution in [1.82, 2.24) is 15.1 Å². The molecule has 152 valence electrons. The molecule has 0 saturated heterocycles. The standard InChI is InChI=1S/C23H25F2N3O/c1-22(2)15-10-11-23(22,21(29)28(3)13-6-4-7-13)20-14(15)12-18(26-27-20)19-16(24)8-5-9-17(19)25/h5,8-9,12-13,15H,4,6-7,10-11H2,1-3H3/t15-,23+/m1/s1. The number of hydrogen-bond acceptors (Lipinski definition) is 3. The van der Waals surface area contributed by atoms with Crippen LogP contribution in [0.4, 0.5) is 8.78 Å². The van der Waals surface area contributed by atoms with Crippen molar-refractivity contribution < 1.29 is 13.6 Å². The molecule has 3 aliphatic rings. The van der Waals surface area contributed by atoms with Gasteiger partial charge in [0.25, 0.3) is 0 Å². The Balaban J connectivity index is 1.63. The van der Waals surface area contributed by atoms with Gasteiger partial charge in [-0.15, -0.1) is 5.10 Å². The summed E-state index contributed by atoms with van der Waals surface area (Å²) in [4.78, 5) is 15.7. The fourth-order valence-electron chi connectivity index (χ4n) is 5.90. The number of nitrogens with zero attached hydrogens (tertiary/aromatic N) is 3. The molecule has 0 N–H and O–H groups in total. The molecule has 29 heavy (non-hydrogen) atoms. The second-order valence-electron chi connectivity index (χ2n) is 9.35. The number of halogens is 2. The molecule has 2 saturated carbocycles. The maximum absolute atomic E-state index is 14.3. The van der Waals surface area contributed by atoms with Gasteiger partial charge in [0.1, 0.15) is 11.6 Å². The zero-order valence-electron chi connectivity index (χ0n) is 17.0. The van der Waals surface area contributed by atoms with Crippen LogP contribution in [0.5, 0.6) is 0 Å². The highest BCUT2D eigenvalue weighted by molar-refractivity contribution is 5.92. The molecule has 1 heterocycles. The Hall–Kier alpha value is -2.37. The van der Waals surface area contributed by atoms with Crippen LogP contribution in [0.15, 0.2) is 24.3 Å². The van der Waals surface area contributed by atoms with Gasteiger partial charge in [-0.2, -0.15) is 5.10 Å². The summed E-state index contributed by atoms with van der Waals surface area (Å²) in [5.74, 6) is -1.07. The van der Waals surface area contributed by atoms with E-state index in [9.17, 15) is 13.6 Å². The van der Waals surface area contributed by atoms with Gasteiger partial charge < -0.3 is 4.90 Å². The SMILES string of the molecule is CN(C(=O)[C@]12CC[C@H](c3cc(-c4c(F)cccc4F)nnc31)C2(C)C)C1CCC1. The van der Waals surface area contributed by atoms with Gasteiger partial charge in [0.2, 0.25) is 5.91 Å². The van der Waals surface area contributed by atoms with Crippen LogP contribution in [0, 0.1) is 17.0 Å². The number of rotatable bonds is 3. The van der Waals surface area contributed by atoms with E-state index in [1.165, 1.54) is 18.2 Å². The number of benzene rings is 1. The number of carbonyl (C=O) groups is 1. The first-order chi connectivity index (χ1) is 13.8. The summed E-state index contributed by atoms with van der Waals surface area (Å²) in [6, 6.07) is 5.84. The molecule has 0 spiro atoms. The third-order valence-corrected chi connectivity index (χ3v) is 7.91. The van der Waals surface area contributed by atoms with Crippen molar-refractivity contribution >= 4 is 5.91 Å². The van der Waals surface area contributed by atoms with Crippen molar-refractivity contribution in [3.8, 4) is 11.3 Å². The Morgan fingerprint density at radius 1 is 1.14 bits per heavy atom. The molecule has 2 aromatic rings. The van der Waals surface area contributed by atoms with Gasteiger partial charge in [0, 0.05) is 13.1 Å². The predicted molar refractivity (Wildman–Crippen MR) is 105 cm³/mol. The lowest BCUT2D eigenvalue weighted by Gasteiger charge is -2.43. The lowest BCUT2D eigenvalue weighted by atomic mass is 9.67. The van der Waals surface area contributed by atoms with Crippen LogP contribution in [0.2, 0.25) is 0 Å². The molecular formula is C23H25F2N3O. The largest absolute Gasteiger partial charge is 0.342 e. The van der Waals surface area contributed by atoms with E-state index in [1.807, 2.05) is 11.9 Å². The molecule has 6 heteroatoms. The monoisotopic (exact) mass is 397 g/mol. The summed E-state index contributed by atoms with van der Waals surface area (Å²) in [5, 5.41) is 8.64. The zero-order valence-corrected chi connectivity index (χ0v) is 17.0. The number of likely N-dealkylation sites (N-methyl/N-ethyl adjacent to an activating group) is 1. The van der Waals surface area contributed by atoms with Crippen LogP contribution in [0.3, 0.4) is 0 Å². The van der Waals surface area contributed by atoms with Crippen LogP contribution < -0.4 is 0 Å². The van der Waals surface area contributed by atoms with Crippen LogP contribution in [0.1, 0.15) is 63.1 Å². The number of fused-ring (bicyclic) bond motifs is 5. The lowest BCUT2D eigenvalue weighted by molar-refractivity contribution is -0.143. The smallest absolute Gasteiger partial charge is 0.235 e. The van der Waals surface area contributed by atoms with E-state index in [2.05, 4.69) is 24.0 Å². The second kappa shape index (κ2) is 6.07. The highest BCUT2D eigenvalue weighted by Crippen LogP contribution is 2.68. The molecule has 1 amide bonds. The molecule has 0 aliphatic heterocycles. The Kier molecular flexibility index (Phi) is 3.90. The van der Waals surface area contributed by atoms with E-state index in [0.717, 1.165) is 37.7 Å². The average molecular weight is 397 g/mol. The Bertz CT molecular complexity index is 997. The molecule has 1 aromatic carbocycles. The van der Waals surface area contributed by atoms with Crippen molar-refractivity contribution in [2.24, 2.45) is 5.41 Å². The molecule has 2 fully saturated rings. The van der Waals surface area contributed by atoms with Gasteiger partial charge in [-0.3, -0.25) is 4.79 Å². The Morgan fingerprint density at radius 2 is 1.83 bits per heavy atom. The average Bonchev–Trinajstić information content (AvgIpc) is 3.01. The third kappa shape index (κ3) is 2.26. The molecule has 1 aromatic heterocycles. The summed E-state index contributed by atoms with van der Waals surface area (Å²) in [7, 11) is 1.90. The topological polar surface area (TPSA) is 46.1 Å². The minimum absolute atomic E-state index is 0.118. The van der Waals surface area contributed by atoms with Gasteiger partial charge in [0.15, 0.2) is 0 Å². The van der Waals surface area contributed by atoms with Gasteiger partial charge in [-0.25, -0.2) is 8.78 Å². The van der Waals surface area contributed by atoms with Gasteiger partial charge >= 0.3 is 0 Å². The van der Waals surface area contributed by atoms with Crippen molar-refractivity contribution in [2.75, 3.05) is 7.05 Å². The molecule has 2 atom stereocenters. The first-order valence-corrected chi connectivity index (χ1v) is 10.4. The predicted octanol–water partition coefficient (Wildman–Crippen LogP) is 4.59. The van der Waals surface area contributed by atoms with E-state index in [4.69, 9.17) is 0 Å². The van der Waals surface area contributed by atoms with Gasteiger partial charge in [-0.1, -0.05) is 19.9 Å². The molecule has 0 unspecified atom stereocenters. The normalized spacial score (nSPS) is 26.9. The fraction of sp³-hybridized carbons (Fsp3) is 0.522. The van der Waals surface area contributed by atoms with Crippen molar-refractivity contribution in [1.29, 1.82) is 0 Å². The minimum Gasteiger partial charge on any atom is -0.342 e. The van der Waals surface area contributed by atoms with E-state index in [0.29, 0.717) is 11.7 Å². The highest BCUT2D eigenvalue weighted by Gasteiger charge is 2.68. The summed E-state index contributed by atoms with van der Waals surface area (Å²) < 4.78 is 28.6. The number of aromatic nitrogens is 2. The third-order valence-electron chi connectivity index (χ3n) is 7.91. The van der Waals surface area contributed by atoms with Crippen LogP contribution in [-0.2, 0) is 10.2 Å². The zero-order chi connectivity index (χ0) is 20.6. The molecule has 2 bridgehead atoms. The quantitative estimate of drug-likeness (QED) is 0.761. The first kappa shape index (κ1) is 18.6. The van der Waals surface area contributed by atoms with E-state index >= 15 is 0 Å². The number of carbonyl (C=O) groups excluding carboxylic acids is 1. The van der Waals surface area contributed by atoms with Crippen molar-refractivity contribution in [3.63, 3.8) is 0 Å². The Labute approximate surface area is 169 Å². The second-order valence-corrected chi connectivity index (χ2v) is 9.35. The van der Waals surface area contributed by atoms with Gasteiger partial charge in [-0.05, 0) is 67.2 Å². The summed E-state index contributed by atoms with van der Waals surface area (Å²) in [6.07, 6.45) is 4.87. The minimum atomic E-state index is -0.712.